The van der Waals surface area contributed by atoms with E-state index in [0.717, 1.165) is 25.2 Å². The summed E-state index contributed by atoms with van der Waals surface area (Å²) in [7, 11) is 0. The monoisotopic (exact) mass is 246 g/mol. The zero-order chi connectivity index (χ0) is 13.6. The van der Waals surface area contributed by atoms with Gasteiger partial charge in [0.25, 0.3) is 0 Å². The van der Waals surface area contributed by atoms with Crippen LogP contribution in [-0.2, 0) is 11.8 Å². The van der Waals surface area contributed by atoms with E-state index in [1.54, 1.807) is 0 Å². The van der Waals surface area contributed by atoms with Crippen molar-refractivity contribution in [1.29, 1.82) is 0 Å². The molecule has 0 spiro atoms. The maximum Gasteiger partial charge on any atom is 0.123 e. The molecule has 0 bridgehead atoms. The molecule has 0 amide bonds. The van der Waals surface area contributed by atoms with Crippen molar-refractivity contribution in [2.45, 2.75) is 52.9 Å². The smallest absolute Gasteiger partial charge is 0.123 e. The molecule has 0 aliphatic carbocycles. The fourth-order valence-corrected chi connectivity index (χ4v) is 2.02. The summed E-state index contributed by atoms with van der Waals surface area (Å²) >= 11 is 0. The minimum Gasteiger partial charge on any atom is -0.494 e. The lowest BCUT2D eigenvalue weighted by molar-refractivity contribution is 0.329. The third kappa shape index (κ3) is 4.21. The Hall–Kier alpha value is -1.24. The van der Waals surface area contributed by atoms with Crippen LogP contribution in [-0.4, -0.2) is 6.61 Å². The van der Waals surface area contributed by atoms with Crippen molar-refractivity contribution in [2.24, 2.45) is 0 Å². The Bertz CT molecular complexity index is 397. The van der Waals surface area contributed by atoms with Gasteiger partial charge in [-0.25, -0.2) is 0 Å². The zero-order valence-corrected chi connectivity index (χ0v) is 12.4. The maximum atomic E-state index is 5.73. The summed E-state index contributed by atoms with van der Waals surface area (Å²) in [5, 5.41) is 0. The largest absolute Gasteiger partial charge is 0.494 e. The maximum absolute atomic E-state index is 5.73. The second-order valence-electron chi connectivity index (χ2n) is 5.62. The molecule has 1 nitrogen and oxygen atoms in total. The van der Waals surface area contributed by atoms with E-state index >= 15 is 0 Å². The third-order valence-corrected chi connectivity index (χ3v) is 2.99. The van der Waals surface area contributed by atoms with Crippen molar-refractivity contribution in [3.8, 4) is 5.75 Å². The quantitative estimate of drug-likeness (QED) is 0.672. The molecule has 1 heteroatoms. The van der Waals surface area contributed by atoms with E-state index in [-0.39, 0.29) is 5.41 Å². The highest BCUT2D eigenvalue weighted by atomic mass is 16.5. The molecule has 0 unspecified atom stereocenters. The molecular formula is C17H26O. The minimum atomic E-state index is 0.126. The van der Waals surface area contributed by atoms with Gasteiger partial charge in [0.15, 0.2) is 0 Å². The van der Waals surface area contributed by atoms with E-state index in [2.05, 4.69) is 58.0 Å². The van der Waals surface area contributed by atoms with Crippen molar-refractivity contribution >= 4 is 0 Å². The highest BCUT2D eigenvalue weighted by Crippen LogP contribution is 2.32. The molecule has 18 heavy (non-hydrogen) atoms. The number of hydrogen-bond donors (Lipinski definition) is 0. The molecule has 0 saturated carbocycles. The lowest BCUT2D eigenvalue weighted by Crippen LogP contribution is -2.14. The van der Waals surface area contributed by atoms with Crippen LogP contribution in [0, 0.1) is 0 Å². The number of hydrogen-bond acceptors (Lipinski definition) is 1. The summed E-state index contributed by atoms with van der Waals surface area (Å²) in [6.45, 7) is 11.5. The van der Waals surface area contributed by atoms with Crippen LogP contribution in [0.25, 0.3) is 0 Å². The van der Waals surface area contributed by atoms with Crippen LogP contribution in [0.1, 0.15) is 52.2 Å². The summed E-state index contributed by atoms with van der Waals surface area (Å²) in [6, 6.07) is 6.60. The van der Waals surface area contributed by atoms with Crippen molar-refractivity contribution in [3.63, 3.8) is 0 Å². The fourth-order valence-electron chi connectivity index (χ4n) is 2.02. The first kappa shape index (κ1) is 14.8. The summed E-state index contributed by atoms with van der Waals surface area (Å²) in [5.74, 6) is 1.03. The Morgan fingerprint density at radius 1 is 1.22 bits per heavy atom. The standard InChI is InChI=1S/C17H26O/c1-6-8-9-10-14-11-12-16(18-7-2)15(13-14)17(3,4)5/h6,8,11-13H,7,9-10H2,1-5H3/b8-6-. The Morgan fingerprint density at radius 3 is 2.50 bits per heavy atom. The molecule has 100 valence electrons. The molecule has 0 saturated heterocycles. The normalized spacial score (nSPS) is 12.1. The van der Waals surface area contributed by atoms with Crippen molar-refractivity contribution in [2.75, 3.05) is 6.61 Å². The molecule has 1 aromatic carbocycles. The van der Waals surface area contributed by atoms with Gasteiger partial charge >= 0.3 is 0 Å². The van der Waals surface area contributed by atoms with Crippen molar-refractivity contribution < 1.29 is 4.74 Å². The van der Waals surface area contributed by atoms with Gasteiger partial charge in [0.2, 0.25) is 0 Å². The molecule has 0 fully saturated rings. The number of benzene rings is 1. The van der Waals surface area contributed by atoms with Gasteiger partial charge in [0.05, 0.1) is 6.61 Å². The van der Waals surface area contributed by atoms with Gasteiger partial charge in [-0.1, -0.05) is 45.1 Å². The lowest BCUT2D eigenvalue weighted by atomic mass is 9.85. The van der Waals surface area contributed by atoms with E-state index < -0.39 is 0 Å². The number of aryl methyl sites for hydroxylation is 1. The summed E-state index contributed by atoms with van der Waals surface area (Å²) < 4.78 is 5.73. The Kier molecular flexibility index (Phi) is 5.46. The Morgan fingerprint density at radius 2 is 1.94 bits per heavy atom. The number of allylic oxidation sites excluding steroid dienone is 2. The summed E-state index contributed by atoms with van der Waals surface area (Å²) in [4.78, 5) is 0. The average Bonchev–Trinajstić information content (AvgIpc) is 2.30. The summed E-state index contributed by atoms with van der Waals surface area (Å²) in [5.41, 5.74) is 2.82. The second kappa shape index (κ2) is 6.63. The molecule has 0 radical (unpaired) electrons. The SMILES string of the molecule is C/C=C\CCc1ccc(OCC)c(C(C)(C)C)c1. The first-order valence-corrected chi connectivity index (χ1v) is 6.86. The van der Waals surface area contributed by atoms with E-state index in [1.807, 2.05) is 6.92 Å². The molecule has 1 rings (SSSR count). The summed E-state index contributed by atoms with van der Waals surface area (Å²) in [6.07, 6.45) is 6.53. The highest BCUT2D eigenvalue weighted by Gasteiger charge is 2.19. The van der Waals surface area contributed by atoms with Crippen LogP contribution < -0.4 is 4.74 Å². The van der Waals surface area contributed by atoms with Crippen molar-refractivity contribution in [1.82, 2.24) is 0 Å². The number of rotatable bonds is 5. The van der Waals surface area contributed by atoms with E-state index in [4.69, 9.17) is 4.74 Å². The number of ether oxygens (including phenoxy) is 1. The van der Waals surface area contributed by atoms with Gasteiger partial charge in [0.1, 0.15) is 5.75 Å². The molecular weight excluding hydrogens is 220 g/mol. The molecule has 0 aliphatic rings. The predicted molar refractivity (Wildman–Crippen MR) is 79.4 cm³/mol. The Balaban J connectivity index is 2.98. The second-order valence-corrected chi connectivity index (χ2v) is 5.62. The van der Waals surface area contributed by atoms with E-state index in [9.17, 15) is 0 Å². The van der Waals surface area contributed by atoms with Gasteiger partial charge < -0.3 is 4.74 Å². The van der Waals surface area contributed by atoms with Crippen LogP contribution in [0.5, 0.6) is 5.75 Å². The van der Waals surface area contributed by atoms with Crippen LogP contribution in [0.4, 0.5) is 0 Å². The van der Waals surface area contributed by atoms with Gasteiger partial charge in [-0.05, 0) is 49.3 Å². The fraction of sp³-hybridized carbons (Fsp3) is 0.529. The first-order chi connectivity index (χ1) is 8.49. The van der Waals surface area contributed by atoms with Gasteiger partial charge in [-0.3, -0.25) is 0 Å². The average molecular weight is 246 g/mol. The van der Waals surface area contributed by atoms with Gasteiger partial charge in [-0.2, -0.15) is 0 Å². The van der Waals surface area contributed by atoms with Crippen LogP contribution in [0.15, 0.2) is 30.4 Å². The molecule has 0 aliphatic heterocycles. The molecule has 0 atom stereocenters. The van der Waals surface area contributed by atoms with Crippen LogP contribution >= 0.6 is 0 Å². The topological polar surface area (TPSA) is 9.23 Å². The third-order valence-electron chi connectivity index (χ3n) is 2.99. The predicted octanol–water partition coefficient (Wildman–Crippen LogP) is 4.89. The van der Waals surface area contributed by atoms with Gasteiger partial charge in [-0.15, -0.1) is 0 Å². The zero-order valence-electron chi connectivity index (χ0n) is 12.4. The van der Waals surface area contributed by atoms with Crippen LogP contribution in [0.2, 0.25) is 0 Å². The Labute approximate surface area is 112 Å². The minimum absolute atomic E-state index is 0.126. The molecule has 0 N–H and O–H groups in total. The van der Waals surface area contributed by atoms with Gasteiger partial charge in [0, 0.05) is 0 Å². The highest BCUT2D eigenvalue weighted by molar-refractivity contribution is 5.41. The van der Waals surface area contributed by atoms with Crippen LogP contribution in [0.3, 0.4) is 0 Å². The lowest BCUT2D eigenvalue weighted by Gasteiger charge is -2.23. The van der Waals surface area contributed by atoms with Crippen molar-refractivity contribution in [3.05, 3.63) is 41.5 Å². The van der Waals surface area contributed by atoms with E-state index in [1.165, 1.54) is 11.1 Å². The first-order valence-electron chi connectivity index (χ1n) is 6.86. The van der Waals surface area contributed by atoms with E-state index in [0.29, 0.717) is 0 Å². The molecule has 0 aromatic heterocycles. The molecule has 0 heterocycles. The molecule has 1 aromatic rings.